The van der Waals surface area contributed by atoms with Crippen molar-refractivity contribution in [3.05, 3.63) is 59.7 Å². The molecule has 2 heteroatoms. The minimum Gasteiger partial charge on any atom is -0.487 e. The molecule has 0 atom stereocenters. The molecular formula is C27H32NO+. The maximum Gasteiger partial charge on any atom is 0.216 e. The van der Waals surface area contributed by atoms with Crippen molar-refractivity contribution in [2.24, 2.45) is 7.05 Å². The highest BCUT2D eigenvalue weighted by molar-refractivity contribution is 5.80. The maximum absolute atomic E-state index is 6.77. The fraction of sp³-hybridized carbons (Fsp3) is 0.444. The Morgan fingerprint density at radius 1 is 0.897 bits per heavy atom. The molecule has 2 heterocycles. The monoisotopic (exact) mass is 386 g/mol. The molecule has 2 aliphatic rings. The van der Waals surface area contributed by atoms with E-state index in [-0.39, 0.29) is 11.0 Å². The van der Waals surface area contributed by atoms with Gasteiger partial charge in [0, 0.05) is 28.5 Å². The van der Waals surface area contributed by atoms with Gasteiger partial charge in [0.05, 0.1) is 5.56 Å². The minimum atomic E-state index is -0.137. The lowest BCUT2D eigenvalue weighted by molar-refractivity contribution is -0.633. The van der Waals surface area contributed by atoms with Crippen LogP contribution in [0.25, 0.3) is 22.2 Å². The van der Waals surface area contributed by atoms with Gasteiger partial charge >= 0.3 is 0 Å². The molecule has 29 heavy (non-hydrogen) atoms. The Bertz CT molecular complexity index is 1090. The Kier molecular flexibility index (Phi) is 4.24. The molecular weight excluding hydrogens is 354 g/mol. The normalized spacial score (nSPS) is 19.7. The molecule has 1 aliphatic heterocycles. The van der Waals surface area contributed by atoms with Crippen LogP contribution >= 0.6 is 0 Å². The fourth-order valence-corrected chi connectivity index (χ4v) is 6.02. The summed E-state index contributed by atoms with van der Waals surface area (Å²) in [4.78, 5) is 0. The lowest BCUT2D eigenvalue weighted by Crippen LogP contribution is -2.46. The van der Waals surface area contributed by atoms with Crippen LogP contribution < -0.4 is 9.30 Å². The van der Waals surface area contributed by atoms with Crippen LogP contribution in [0.1, 0.15) is 63.5 Å². The van der Waals surface area contributed by atoms with Crippen LogP contribution in [0.15, 0.2) is 48.5 Å². The SMILES string of the molecule is Cc1ccc2c(c1-c1ccc3ccccc3[n+]1C)OC(C)(C)CC21CCCCC1. The molecule has 0 N–H and O–H groups in total. The molecule has 3 aromatic rings. The summed E-state index contributed by atoms with van der Waals surface area (Å²) in [7, 11) is 2.18. The average molecular weight is 387 g/mol. The molecule has 150 valence electrons. The van der Waals surface area contributed by atoms with Crippen LogP contribution in [0.2, 0.25) is 0 Å². The summed E-state index contributed by atoms with van der Waals surface area (Å²) >= 11 is 0. The number of benzene rings is 2. The zero-order chi connectivity index (χ0) is 20.2. The number of para-hydroxylation sites is 1. The maximum atomic E-state index is 6.77. The summed E-state index contributed by atoms with van der Waals surface area (Å²) in [6.07, 6.45) is 7.75. The van der Waals surface area contributed by atoms with Crippen molar-refractivity contribution in [3.63, 3.8) is 0 Å². The van der Waals surface area contributed by atoms with Crippen molar-refractivity contribution in [1.82, 2.24) is 0 Å². The quantitative estimate of drug-likeness (QED) is 0.441. The third-order valence-electron chi connectivity index (χ3n) is 7.23. The van der Waals surface area contributed by atoms with Crippen molar-refractivity contribution in [1.29, 1.82) is 0 Å². The first-order chi connectivity index (χ1) is 13.9. The summed E-state index contributed by atoms with van der Waals surface area (Å²) in [6, 6.07) is 17.8. The highest BCUT2D eigenvalue weighted by atomic mass is 16.5. The first-order valence-corrected chi connectivity index (χ1v) is 11.1. The number of rotatable bonds is 1. The van der Waals surface area contributed by atoms with Crippen LogP contribution in [0.4, 0.5) is 0 Å². The third-order valence-corrected chi connectivity index (χ3v) is 7.23. The van der Waals surface area contributed by atoms with Crippen LogP contribution in [0, 0.1) is 6.92 Å². The number of aryl methyl sites for hydroxylation is 2. The van der Waals surface area contributed by atoms with E-state index >= 15 is 0 Å². The molecule has 1 fully saturated rings. The topological polar surface area (TPSA) is 13.1 Å². The highest BCUT2D eigenvalue weighted by Gasteiger charge is 2.47. The van der Waals surface area contributed by atoms with E-state index in [2.05, 4.69) is 80.9 Å². The van der Waals surface area contributed by atoms with E-state index in [1.807, 2.05) is 0 Å². The van der Waals surface area contributed by atoms with E-state index in [9.17, 15) is 0 Å². The van der Waals surface area contributed by atoms with Gasteiger partial charge in [-0.1, -0.05) is 43.5 Å². The number of aromatic nitrogens is 1. The molecule has 0 unspecified atom stereocenters. The Labute approximate surface area is 174 Å². The van der Waals surface area contributed by atoms with Gasteiger partial charge in [-0.05, 0) is 57.7 Å². The van der Waals surface area contributed by atoms with Gasteiger partial charge in [0.25, 0.3) is 0 Å². The zero-order valence-electron chi connectivity index (χ0n) is 18.2. The molecule has 1 aliphatic carbocycles. The van der Waals surface area contributed by atoms with E-state index in [1.165, 1.54) is 65.4 Å². The minimum absolute atomic E-state index is 0.137. The van der Waals surface area contributed by atoms with E-state index in [0.29, 0.717) is 0 Å². The van der Waals surface area contributed by atoms with Gasteiger partial charge in [-0.3, -0.25) is 0 Å². The molecule has 1 aromatic heterocycles. The number of pyridine rings is 1. The molecule has 0 bridgehead atoms. The first kappa shape index (κ1) is 18.7. The van der Waals surface area contributed by atoms with E-state index in [1.54, 1.807) is 0 Å². The number of nitrogens with zero attached hydrogens (tertiary/aromatic N) is 1. The van der Waals surface area contributed by atoms with Gasteiger partial charge in [0.1, 0.15) is 18.4 Å². The van der Waals surface area contributed by atoms with Crippen molar-refractivity contribution < 1.29 is 9.30 Å². The summed E-state index contributed by atoms with van der Waals surface area (Å²) in [5.41, 5.74) is 6.64. The summed E-state index contributed by atoms with van der Waals surface area (Å²) < 4.78 is 9.10. The van der Waals surface area contributed by atoms with Crippen LogP contribution in [0.5, 0.6) is 5.75 Å². The largest absolute Gasteiger partial charge is 0.487 e. The second kappa shape index (κ2) is 6.58. The molecule has 0 radical (unpaired) electrons. The summed E-state index contributed by atoms with van der Waals surface area (Å²) in [5, 5.41) is 1.27. The van der Waals surface area contributed by atoms with Crippen LogP contribution in [-0.4, -0.2) is 5.60 Å². The van der Waals surface area contributed by atoms with E-state index < -0.39 is 0 Å². The smallest absolute Gasteiger partial charge is 0.216 e. The average Bonchev–Trinajstić information content (AvgIpc) is 2.69. The van der Waals surface area contributed by atoms with Gasteiger partial charge in [0.15, 0.2) is 0 Å². The zero-order valence-corrected chi connectivity index (χ0v) is 18.2. The van der Waals surface area contributed by atoms with Gasteiger partial charge in [0.2, 0.25) is 11.2 Å². The molecule has 1 spiro atoms. The third kappa shape index (κ3) is 2.96. The van der Waals surface area contributed by atoms with Crippen molar-refractivity contribution in [3.8, 4) is 17.0 Å². The molecule has 1 saturated carbocycles. The standard InChI is InChI=1S/C27H32NO/c1-19-12-14-21-25(29-26(2,3)18-27(21)16-8-5-9-17-27)24(19)23-15-13-20-10-6-7-11-22(20)28(23)4/h6-7,10-15H,5,8-9,16-18H2,1-4H3/q+1. The van der Waals surface area contributed by atoms with Gasteiger partial charge in [-0.25, -0.2) is 0 Å². The van der Waals surface area contributed by atoms with Crippen LogP contribution in [0.3, 0.4) is 0 Å². The van der Waals surface area contributed by atoms with Gasteiger partial charge in [-0.15, -0.1) is 0 Å². The Morgan fingerprint density at radius 2 is 1.66 bits per heavy atom. The van der Waals surface area contributed by atoms with E-state index in [4.69, 9.17) is 4.74 Å². The molecule has 2 nitrogen and oxygen atoms in total. The van der Waals surface area contributed by atoms with Crippen molar-refractivity contribution in [2.45, 2.75) is 70.3 Å². The second-order valence-electron chi connectivity index (χ2n) is 9.85. The number of fused-ring (bicyclic) bond motifs is 3. The van der Waals surface area contributed by atoms with Gasteiger partial charge < -0.3 is 4.74 Å². The predicted octanol–water partition coefficient (Wildman–Crippen LogP) is 6.40. The number of ether oxygens (including phenoxy) is 1. The molecule has 0 saturated heterocycles. The molecule has 5 rings (SSSR count). The Hall–Kier alpha value is -2.35. The van der Waals surface area contributed by atoms with Crippen LogP contribution in [-0.2, 0) is 12.5 Å². The Morgan fingerprint density at radius 3 is 2.45 bits per heavy atom. The second-order valence-corrected chi connectivity index (χ2v) is 9.85. The predicted molar refractivity (Wildman–Crippen MR) is 119 cm³/mol. The molecule has 0 amide bonds. The number of hydrogen-bond acceptors (Lipinski definition) is 1. The summed E-state index contributed by atoms with van der Waals surface area (Å²) in [5.74, 6) is 1.13. The fourth-order valence-electron chi connectivity index (χ4n) is 6.02. The van der Waals surface area contributed by atoms with E-state index in [0.717, 1.165) is 12.2 Å². The van der Waals surface area contributed by atoms with Crippen molar-refractivity contribution in [2.75, 3.05) is 0 Å². The lowest BCUT2D eigenvalue weighted by Gasteiger charge is -2.48. The van der Waals surface area contributed by atoms with Crippen molar-refractivity contribution >= 4 is 10.9 Å². The number of hydrogen-bond donors (Lipinski definition) is 0. The first-order valence-electron chi connectivity index (χ1n) is 11.1. The summed E-state index contributed by atoms with van der Waals surface area (Å²) in [6.45, 7) is 6.78. The Balaban J connectivity index is 1.78. The molecule has 2 aromatic carbocycles. The highest BCUT2D eigenvalue weighted by Crippen LogP contribution is 2.55. The lowest BCUT2D eigenvalue weighted by atomic mass is 9.62. The van der Waals surface area contributed by atoms with Gasteiger partial charge in [-0.2, -0.15) is 4.57 Å².